The Kier molecular flexibility index (Phi) is 4.10. The Balaban J connectivity index is 2.27. The topological polar surface area (TPSA) is 33.0 Å². The molecule has 0 aliphatic rings. The molecule has 0 amide bonds. The summed E-state index contributed by atoms with van der Waals surface area (Å²) in [5.41, 5.74) is 2.52. The van der Waals surface area contributed by atoms with Crippen molar-refractivity contribution in [1.82, 2.24) is 0 Å². The van der Waals surface area contributed by atoms with E-state index < -0.39 is 0 Å². The van der Waals surface area contributed by atoms with Crippen LogP contribution in [0.4, 0.5) is 0 Å². The second kappa shape index (κ2) is 5.79. The zero-order valence-electron chi connectivity index (χ0n) is 12.2. The molecule has 0 saturated heterocycles. The number of nitriles is 1. The Labute approximate surface area is 120 Å². The van der Waals surface area contributed by atoms with Crippen LogP contribution >= 0.6 is 0 Å². The predicted molar refractivity (Wildman–Crippen MR) is 81.6 cm³/mol. The molecule has 0 spiro atoms. The third-order valence-electron chi connectivity index (χ3n) is 3.46. The van der Waals surface area contributed by atoms with Crippen LogP contribution in [0.3, 0.4) is 0 Å². The average molecular weight is 265 g/mol. The highest BCUT2D eigenvalue weighted by atomic mass is 16.5. The highest BCUT2D eigenvalue weighted by molar-refractivity contribution is 5.70. The van der Waals surface area contributed by atoms with Gasteiger partial charge in [-0.2, -0.15) is 5.26 Å². The number of nitrogens with zero attached hydrogens (tertiary/aromatic N) is 1. The van der Waals surface area contributed by atoms with Crippen molar-refractivity contribution in [2.24, 2.45) is 0 Å². The van der Waals surface area contributed by atoms with Crippen LogP contribution < -0.4 is 4.74 Å². The molecule has 0 fully saturated rings. The molecule has 0 aromatic heterocycles. The first-order valence-electron chi connectivity index (χ1n) is 6.84. The Hall–Kier alpha value is -2.27. The SMILES string of the molecule is CCC(C)(C)Oc1ccc(-c2ccccc2C#N)cc1. The number of hydrogen-bond acceptors (Lipinski definition) is 2. The van der Waals surface area contributed by atoms with E-state index >= 15 is 0 Å². The van der Waals surface area contributed by atoms with Gasteiger partial charge in [0, 0.05) is 0 Å². The van der Waals surface area contributed by atoms with Gasteiger partial charge in [-0.25, -0.2) is 0 Å². The monoisotopic (exact) mass is 265 g/mol. The molecular weight excluding hydrogens is 246 g/mol. The van der Waals surface area contributed by atoms with E-state index in [1.54, 1.807) is 0 Å². The van der Waals surface area contributed by atoms with Gasteiger partial charge in [0.25, 0.3) is 0 Å². The van der Waals surface area contributed by atoms with Gasteiger partial charge < -0.3 is 4.74 Å². The molecule has 102 valence electrons. The van der Waals surface area contributed by atoms with Crippen LogP contribution in [0.15, 0.2) is 48.5 Å². The van der Waals surface area contributed by atoms with E-state index in [-0.39, 0.29) is 5.60 Å². The minimum Gasteiger partial charge on any atom is -0.488 e. The van der Waals surface area contributed by atoms with E-state index in [0.29, 0.717) is 5.56 Å². The van der Waals surface area contributed by atoms with Crippen molar-refractivity contribution in [2.45, 2.75) is 32.8 Å². The van der Waals surface area contributed by atoms with Gasteiger partial charge in [0.15, 0.2) is 0 Å². The minimum absolute atomic E-state index is 0.161. The summed E-state index contributed by atoms with van der Waals surface area (Å²) < 4.78 is 5.93. The van der Waals surface area contributed by atoms with Gasteiger partial charge in [0.1, 0.15) is 11.4 Å². The van der Waals surface area contributed by atoms with Crippen LogP contribution in [-0.2, 0) is 0 Å². The average Bonchev–Trinajstić information content (AvgIpc) is 2.48. The van der Waals surface area contributed by atoms with Gasteiger partial charge in [-0.3, -0.25) is 0 Å². The highest BCUT2D eigenvalue weighted by Crippen LogP contribution is 2.27. The molecule has 0 N–H and O–H groups in total. The summed E-state index contributed by atoms with van der Waals surface area (Å²) in [6, 6.07) is 17.8. The van der Waals surface area contributed by atoms with Gasteiger partial charge in [0.05, 0.1) is 11.6 Å². The molecule has 2 aromatic carbocycles. The number of rotatable bonds is 4. The number of hydrogen-bond donors (Lipinski definition) is 0. The largest absolute Gasteiger partial charge is 0.488 e. The third-order valence-corrected chi connectivity index (χ3v) is 3.46. The summed E-state index contributed by atoms with van der Waals surface area (Å²) in [4.78, 5) is 0. The molecule has 2 rings (SSSR count). The summed E-state index contributed by atoms with van der Waals surface area (Å²) >= 11 is 0. The van der Waals surface area contributed by atoms with Crippen LogP contribution in [0.1, 0.15) is 32.8 Å². The Morgan fingerprint density at radius 1 is 1.05 bits per heavy atom. The number of benzene rings is 2. The molecule has 0 bridgehead atoms. The lowest BCUT2D eigenvalue weighted by Crippen LogP contribution is -2.26. The van der Waals surface area contributed by atoms with Crippen molar-refractivity contribution in [3.8, 4) is 22.9 Å². The molecular formula is C18H19NO. The maximum absolute atomic E-state index is 9.14. The van der Waals surface area contributed by atoms with Gasteiger partial charge in [-0.15, -0.1) is 0 Å². The van der Waals surface area contributed by atoms with Crippen molar-refractivity contribution >= 4 is 0 Å². The molecule has 0 aliphatic carbocycles. The van der Waals surface area contributed by atoms with Gasteiger partial charge in [-0.05, 0) is 49.6 Å². The molecule has 2 aromatic rings. The van der Waals surface area contributed by atoms with Gasteiger partial charge in [-0.1, -0.05) is 37.3 Å². The summed E-state index contributed by atoms with van der Waals surface area (Å²) in [6.45, 7) is 6.26. The first-order chi connectivity index (χ1) is 9.55. The van der Waals surface area contributed by atoms with Crippen molar-refractivity contribution in [3.63, 3.8) is 0 Å². The lowest BCUT2D eigenvalue weighted by Gasteiger charge is -2.24. The Morgan fingerprint density at radius 3 is 2.30 bits per heavy atom. The zero-order valence-corrected chi connectivity index (χ0v) is 12.2. The van der Waals surface area contributed by atoms with Crippen LogP contribution in [0, 0.1) is 11.3 Å². The van der Waals surface area contributed by atoms with Crippen molar-refractivity contribution in [3.05, 3.63) is 54.1 Å². The van der Waals surface area contributed by atoms with Crippen LogP contribution in [0.5, 0.6) is 5.75 Å². The highest BCUT2D eigenvalue weighted by Gasteiger charge is 2.16. The molecule has 2 nitrogen and oxygen atoms in total. The lowest BCUT2D eigenvalue weighted by molar-refractivity contribution is 0.105. The Bertz CT molecular complexity index is 621. The molecule has 0 heterocycles. The van der Waals surface area contributed by atoms with Crippen molar-refractivity contribution < 1.29 is 4.74 Å². The van der Waals surface area contributed by atoms with E-state index in [1.165, 1.54) is 0 Å². The van der Waals surface area contributed by atoms with Crippen molar-refractivity contribution in [1.29, 1.82) is 5.26 Å². The molecule has 0 saturated carbocycles. The maximum Gasteiger partial charge on any atom is 0.120 e. The minimum atomic E-state index is -0.161. The molecule has 0 unspecified atom stereocenters. The van der Waals surface area contributed by atoms with Crippen molar-refractivity contribution in [2.75, 3.05) is 0 Å². The van der Waals surface area contributed by atoms with E-state index in [0.717, 1.165) is 23.3 Å². The fourth-order valence-corrected chi connectivity index (χ4v) is 1.93. The molecule has 0 atom stereocenters. The molecule has 0 aliphatic heterocycles. The van der Waals surface area contributed by atoms with Crippen LogP contribution in [-0.4, -0.2) is 5.60 Å². The van der Waals surface area contributed by atoms with E-state index in [2.05, 4.69) is 26.8 Å². The maximum atomic E-state index is 9.14. The standard InChI is InChI=1S/C18H19NO/c1-4-18(2,3)20-16-11-9-14(10-12-16)17-8-6-5-7-15(17)13-19/h5-12H,4H2,1-3H3. The van der Waals surface area contributed by atoms with Crippen LogP contribution in [0.2, 0.25) is 0 Å². The van der Waals surface area contributed by atoms with E-state index in [1.807, 2.05) is 48.5 Å². The van der Waals surface area contributed by atoms with Crippen LogP contribution in [0.25, 0.3) is 11.1 Å². The van der Waals surface area contributed by atoms with E-state index in [4.69, 9.17) is 10.00 Å². The smallest absolute Gasteiger partial charge is 0.120 e. The summed E-state index contributed by atoms with van der Waals surface area (Å²) in [6.07, 6.45) is 0.950. The van der Waals surface area contributed by atoms with Gasteiger partial charge >= 0.3 is 0 Å². The fraction of sp³-hybridized carbons (Fsp3) is 0.278. The molecule has 20 heavy (non-hydrogen) atoms. The first kappa shape index (κ1) is 14.1. The molecule has 0 radical (unpaired) electrons. The predicted octanol–water partition coefficient (Wildman–Crippen LogP) is 4.79. The lowest BCUT2D eigenvalue weighted by atomic mass is 10.0. The Morgan fingerprint density at radius 2 is 1.70 bits per heavy atom. The fourth-order valence-electron chi connectivity index (χ4n) is 1.93. The zero-order chi connectivity index (χ0) is 14.6. The first-order valence-corrected chi connectivity index (χ1v) is 6.84. The van der Waals surface area contributed by atoms with E-state index in [9.17, 15) is 0 Å². The summed E-state index contributed by atoms with van der Waals surface area (Å²) in [5, 5.41) is 9.14. The second-order valence-electron chi connectivity index (χ2n) is 5.40. The van der Waals surface area contributed by atoms with Gasteiger partial charge in [0.2, 0.25) is 0 Å². The number of ether oxygens (including phenoxy) is 1. The second-order valence-corrected chi connectivity index (χ2v) is 5.40. The third kappa shape index (κ3) is 3.19. The summed E-state index contributed by atoms with van der Waals surface area (Å²) in [7, 11) is 0. The quantitative estimate of drug-likeness (QED) is 0.796. The molecule has 2 heteroatoms. The summed E-state index contributed by atoms with van der Waals surface area (Å²) in [5.74, 6) is 0.857. The normalized spacial score (nSPS) is 10.9.